The monoisotopic (exact) mass is 314 g/mol. The maximum absolute atomic E-state index is 11.6. The molecule has 0 aliphatic carbocycles. The van der Waals surface area contributed by atoms with Crippen molar-refractivity contribution >= 4 is 23.3 Å². The first kappa shape index (κ1) is 15.9. The van der Waals surface area contributed by atoms with Gasteiger partial charge in [-0.05, 0) is 31.0 Å². The lowest BCUT2D eigenvalue weighted by molar-refractivity contribution is 0.0682. The van der Waals surface area contributed by atoms with Gasteiger partial charge in [0.05, 0.1) is 18.4 Å². The van der Waals surface area contributed by atoms with Crippen molar-refractivity contribution in [1.29, 1.82) is 0 Å². The largest absolute Gasteiger partial charge is 0.489 e. The van der Waals surface area contributed by atoms with E-state index in [9.17, 15) is 4.79 Å². The molecule has 0 bridgehead atoms. The van der Waals surface area contributed by atoms with Gasteiger partial charge in [-0.15, -0.1) is 0 Å². The highest BCUT2D eigenvalue weighted by molar-refractivity contribution is 6.31. The van der Waals surface area contributed by atoms with E-state index in [2.05, 4.69) is 10.6 Å². The van der Waals surface area contributed by atoms with Crippen LogP contribution in [0.2, 0.25) is 5.02 Å². The fourth-order valence-electron chi connectivity index (χ4n) is 2.02. The van der Waals surface area contributed by atoms with Crippen molar-refractivity contribution in [2.45, 2.75) is 18.9 Å². The van der Waals surface area contributed by atoms with Crippen LogP contribution in [0.15, 0.2) is 18.2 Å². The van der Waals surface area contributed by atoms with Gasteiger partial charge in [0.25, 0.3) is 0 Å². The molecule has 21 heavy (non-hydrogen) atoms. The van der Waals surface area contributed by atoms with E-state index in [4.69, 9.17) is 26.2 Å². The number of carbonyl (C=O) groups is 1. The number of rotatable bonds is 6. The highest BCUT2D eigenvalue weighted by Crippen LogP contribution is 2.28. The summed E-state index contributed by atoms with van der Waals surface area (Å²) in [6.07, 6.45) is 2.12. The highest BCUT2D eigenvalue weighted by atomic mass is 35.5. The van der Waals surface area contributed by atoms with E-state index < -0.39 is 6.03 Å². The summed E-state index contributed by atoms with van der Waals surface area (Å²) in [6.45, 7) is 1.27. The fraction of sp³-hybridized carbons (Fsp3) is 0.500. The zero-order valence-corrected chi connectivity index (χ0v) is 12.4. The summed E-state index contributed by atoms with van der Waals surface area (Å²) in [7, 11) is 0. The third-order valence-electron chi connectivity index (χ3n) is 3.04. The van der Waals surface area contributed by atoms with Crippen molar-refractivity contribution in [1.82, 2.24) is 5.32 Å². The molecule has 1 saturated heterocycles. The maximum atomic E-state index is 11.6. The summed E-state index contributed by atoms with van der Waals surface area (Å²) in [5.74, 6) is 0.536. The quantitative estimate of drug-likeness (QED) is 0.750. The molecule has 6 nitrogen and oxygen atoms in total. The van der Waals surface area contributed by atoms with Crippen molar-refractivity contribution in [2.24, 2.45) is 0 Å². The number of hydrogen-bond donors (Lipinski definition) is 3. The van der Waals surface area contributed by atoms with Crippen LogP contribution < -0.4 is 15.4 Å². The second-order valence-corrected chi connectivity index (χ2v) is 5.13. The first-order valence-corrected chi connectivity index (χ1v) is 7.26. The number of nitrogens with one attached hydrogen (secondary N) is 2. The molecule has 1 aliphatic heterocycles. The molecule has 116 valence electrons. The average Bonchev–Trinajstić information content (AvgIpc) is 2.97. The molecular formula is C14H19ClN2O4. The molecule has 0 spiro atoms. The zero-order valence-electron chi connectivity index (χ0n) is 11.6. The number of aliphatic hydroxyl groups is 1. The topological polar surface area (TPSA) is 79.8 Å². The summed E-state index contributed by atoms with van der Waals surface area (Å²) < 4.78 is 11.2. The highest BCUT2D eigenvalue weighted by Gasteiger charge is 2.17. The van der Waals surface area contributed by atoms with Gasteiger partial charge in [-0.25, -0.2) is 4.79 Å². The van der Waals surface area contributed by atoms with Crippen LogP contribution >= 0.6 is 11.6 Å². The van der Waals surface area contributed by atoms with Crippen LogP contribution in [0.4, 0.5) is 10.5 Å². The van der Waals surface area contributed by atoms with E-state index in [1.165, 1.54) is 0 Å². The molecule has 1 aromatic rings. The lowest BCUT2D eigenvalue weighted by atomic mass is 10.2. The molecule has 1 atom stereocenters. The van der Waals surface area contributed by atoms with Crippen LogP contribution in [-0.4, -0.2) is 43.6 Å². The van der Waals surface area contributed by atoms with Gasteiger partial charge in [0.2, 0.25) is 0 Å². The standard InChI is InChI=1S/C14H19ClN2O4/c15-10-3-4-13(21-9-11-2-1-7-20-11)12(8-10)17-14(19)16-5-6-18/h3-4,8,11,18H,1-2,5-7,9H2,(H2,16,17,19)/t11-/m0/s1. The molecule has 7 heteroatoms. The molecule has 2 rings (SSSR count). The minimum absolute atomic E-state index is 0.0942. The van der Waals surface area contributed by atoms with Crippen molar-refractivity contribution in [3.63, 3.8) is 0 Å². The first-order chi connectivity index (χ1) is 10.2. The zero-order chi connectivity index (χ0) is 15.1. The van der Waals surface area contributed by atoms with Gasteiger partial charge >= 0.3 is 6.03 Å². The Balaban J connectivity index is 1.97. The summed E-state index contributed by atoms with van der Waals surface area (Å²) in [4.78, 5) is 11.6. The minimum atomic E-state index is -0.423. The summed E-state index contributed by atoms with van der Waals surface area (Å²) in [6, 6.07) is 4.60. The van der Waals surface area contributed by atoms with E-state index in [-0.39, 0.29) is 19.3 Å². The number of halogens is 1. The van der Waals surface area contributed by atoms with Crippen LogP contribution in [0, 0.1) is 0 Å². The number of urea groups is 1. The predicted octanol–water partition coefficient (Wildman–Crippen LogP) is 2.01. The lowest BCUT2D eigenvalue weighted by Crippen LogP contribution is -2.31. The van der Waals surface area contributed by atoms with Gasteiger partial charge in [-0.3, -0.25) is 0 Å². The molecule has 0 aromatic heterocycles. The van der Waals surface area contributed by atoms with Gasteiger partial charge in [0, 0.05) is 18.2 Å². The van der Waals surface area contributed by atoms with E-state index >= 15 is 0 Å². The van der Waals surface area contributed by atoms with E-state index in [0.29, 0.717) is 23.1 Å². The summed E-state index contributed by atoms with van der Waals surface area (Å²) >= 11 is 5.94. The van der Waals surface area contributed by atoms with Crippen LogP contribution in [-0.2, 0) is 4.74 Å². The van der Waals surface area contributed by atoms with Gasteiger partial charge in [-0.1, -0.05) is 11.6 Å². The Hall–Kier alpha value is -1.50. The summed E-state index contributed by atoms with van der Waals surface area (Å²) in [5.41, 5.74) is 0.482. The predicted molar refractivity (Wildman–Crippen MR) is 80.0 cm³/mol. The number of hydrogen-bond acceptors (Lipinski definition) is 4. The normalized spacial score (nSPS) is 17.5. The second-order valence-electron chi connectivity index (χ2n) is 4.69. The molecule has 1 aromatic carbocycles. The Morgan fingerprint density at radius 2 is 2.38 bits per heavy atom. The third kappa shape index (κ3) is 5.08. The molecule has 0 unspecified atom stereocenters. The van der Waals surface area contributed by atoms with Gasteiger partial charge in [-0.2, -0.15) is 0 Å². The van der Waals surface area contributed by atoms with E-state index in [0.717, 1.165) is 19.4 Å². The first-order valence-electron chi connectivity index (χ1n) is 6.88. The van der Waals surface area contributed by atoms with Crippen molar-refractivity contribution in [3.8, 4) is 5.75 Å². The van der Waals surface area contributed by atoms with Gasteiger partial charge < -0.3 is 25.2 Å². The van der Waals surface area contributed by atoms with Crippen LogP contribution in [0.25, 0.3) is 0 Å². The lowest BCUT2D eigenvalue weighted by Gasteiger charge is -2.15. The van der Waals surface area contributed by atoms with Crippen molar-refractivity contribution in [3.05, 3.63) is 23.2 Å². The number of aliphatic hydroxyl groups excluding tert-OH is 1. The molecule has 0 saturated carbocycles. The number of amides is 2. The second kappa shape index (κ2) is 8.07. The Bertz CT molecular complexity index is 478. The number of benzene rings is 1. The van der Waals surface area contributed by atoms with Crippen LogP contribution in [0.5, 0.6) is 5.75 Å². The maximum Gasteiger partial charge on any atom is 0.319 e. The third-order valence-corrected chi connectivity index (χ3v) is 3.27. The van der Waals surface area contributed by atoms with Crippen LogP contribution in [0.3, 0.4) is 0 Å². The molecule has 1 aliphatic rings. The summed E-state index contributed by atoms with van der Waals surface area (Å²) in [5, 5.41) is 14.3. The number of ether oxygens (including phenoxy) is 2. The smallest absolute Gasteiger partial charge is 0.319 e. The fourth-order valence-corrected chi connectivity index (χ4v) is 2.19. The number of carbonyl (C=O) groups excluding carboxylic acids is 1. The van der Waals surface area contributed by atoms with E-state index in [1.807, 2.05) is 0 Å². The van der Waals surface area contributed by atoms with Crippen molar-refractivity contribution < 1.29 is 19.4 Å². The van der Waals surface area contributed by atoms with Crippen LogP contribution in [0.1, 0.15) is 12.8 Å². The Kier molecular flexibility index (Phi) is 6.10. The van der Waals surface area contributed by atoms with Gasteiger partial charge in [0.1, 0.15) is 12.4 Å². The molecular weight excluding hydrogens is 296 g/mol. The minimum Gasteiger partial charge on any atom is -0.489 e. The van der Waals surface area contributed by atoms with Gasteiger partial charge in [0.15, 0.2) is 0 Å². The number of anilines is 1. The molecule has 3 N–H and O–H groups in total. The Labute approximate surface area is 128 Å². The van der Waals surface area contributed by atoms with Crippen molar-refractivity contribution in [2.75, 3.05) is 31.7 Å². The Morgan fingerprint density at radius 1 is 1.52 bits per heavy atom. The molecule has 0 radical (unpaired) electrons. The molecule has 1 fully saturated rings. The average molecular weight is 315 g/mol. The Morgan fingerprint density at radius 3 is 3.10 bits per heavy atom. The molecule has 1 heterocycles. The SMILES string of the molecule is O=C(NCCO)Nc1cc(Cl)ccc1OC[C@@H]1CCCO1. The van der Waals surface area contributed by atoms with E-state index in [1.54, 1.807) is 18.2 Å². The molecule has 2 amide bonds.